The number of hydrogen-bond acceptors (Lipinski definition) is 3. The van der Waals surface area contributed by atoms with E-state index in [2.05, 4.69) is 4.57 Å². The van der Waals surface area contributed by atoms with E-state index < -0.39 is 5.97 Å². The Morgan fingerprint density at radius 2 is 1.74 bits per heavy atom. The van der Waals surface area contributed by atoms with Crippen LogP contribution >= 0.6 is 0 Å². The van der Waals surface area contributed by atoms with E-state index in [1.807, 2.05) is 60.7 Å². The van der Waals surface area contributed by atoms with Gasteiger partial charge in [-0.2, -0.15) is 0 Å². The maximum atomic E-state index is 11.5. The molecule has 1 aliphatic rings. The second-order valence-corrected chi connectivity index (χ2v) is 8.05. The third kappa shape index (κ3) is 3.91. The molecule has 0 atom stereocenters. The smallest absolute Gasteiger partial charge is 0.335 e. The highest BCUT2D eigenvalue weighted by Crippen LogP contribution is 2.37. The summed E-state index contributed by atoms with van der Waals surface area (Å²) in [7, 11) is 0. The van der Waals surface area contributed by atoms with Gasteiger partial charge in [-0.1, -0.05) is 43.2 Å². The van der Waals surface area contributed by atoms with Crippen molar-refractivity contribution < 1.29 is 14.6 Å². The number of hydrogen-bond donors (Lipinski definition) is 1. The van der Waals surface area contributed by atoms with Gasteiger partial charge in [0, 0.05) is 11.6 Å². The maximum absolute atomic E-state index is 11.5. The standard InChI is InChI=1S/C26H24N2O3/c29-26(30)20-12-15-23-24(16-20)28(21-8-4-5-9-21)25(27-23)19-10-13-22(14-11-19)31-17-18-6-2-1-3-7-18/h1-3,6-7,10-16,21H,4-5,8-9,17H2,(H,29,30). The molecule has 1 heterocycles. The molecule has 5 rings (SSSR count). The van der Waals surface area contributed by atoms with Crippen LogP contribution in [0.1, 0.15) is 47.6 Å². The maximum Gasteiger partial charge on any atom is 0.335 e. The molecular weight excluding hydrogens is 388 g/mol. The number of carboxylic acids is 1. The molecule has 0 bridgehead atoms. The highest BCUT2D eigenvalue weighted by atomic mass is 16.5. The molecule has 1 fully saturated rings. The Bertz CT molecular complexity index is 1210. The normalized spacial score (nSPS) is 14.2. The summed E-state index contributed by atoms with van der Waals surface area (Å²) in [5.74, 6) is 0.783. The lowest BCUT2D eigenvalue weighted by Crippen LogP contribution is -2.07. The lowest BCUT2D eigenvalue weighted by molar-refractivity contribution is 0.0697. The fourth-order valence-corrected chi connectivity index (χ4v) is 4.40. The van der Waals surface area contributed by atoms with E-state index >= 15 is 0 Å². The third-order valence-electron chi connectivity index (χ3n) is 5.99. The topological polar surface area (TPSA) is 64.3 Å². The predicted molar refractivity (Wildman–Crippen MR) is 120 cm³/mol. The number of aromatic nitrogens is 2. The van der Waals surface area contributed by atoms with E-state index in [-0.39, 0.29) is 0 Å². The van der Waals surface area contributed by atoms with Gasteiger partial charge in [0.25, 0.3) is 0 Å². The van der Waals surface area contributed by atoms with Gasteiger partial charge < -0.3 is 14.4 Å². The van der Waals surface area contributed by atoms with Crippen molar-refractivity contribution in [3.63, 3.8) is 0 Å². The molecule has 156 valence electrons. The first-order valence-corrected chi connectivity index (χ1v) is 10.7. The molecule has 1 saturated carbocycles. The van der Waals surface area contributed by atoms with E-state index in [1.165, 1.54) is 12.8 Å². The zero-order valence-corrected chi connectivity index (χ0v) is 17.2. The second kappa shape index (κ2) is 8.26. The first-order chi connectivity index (χ1) is 15.2. The van der Waals surface area contributed by atoms with Crippen LogP contribution in [0.25, 0.3) is 22.4 Å². The molecule has 31 heavy (non-hydrogen) atoms. The monoisotopic (exact) mass is 412 g/mol. The molecule has 0 radical (unpaired) electrons. The van der Waals surface area contributed by atoms with Crippen LogP contribution in [0, 0.1) is 0 Å². The largest absolute Gasteiger partial charge is 0.489 e. The number of ether oxygens (including phenoxy) is 1. The third-order valence-corrected chi connectivity index (χ3v) is 5.99. The van der Waals surface area contributed by atoms with Crippen LogP contribution < -0.4 is 4.74 Å². The Hall–Kier alpha value is -3.60. The first-order valence-electron chi connectivity index (χ1n) is 10.7. The number of benzene rings is 3. The molecule has 1 aromatic heterocycles. The van der Waals surface area contributed by atoms with Crippen LogP contribution in [-0.2, 0) is 6.61 Å². The molecule has 0 aliphatic heterocycles. The van der Waals surface area contributed by atoms with Gasteiger partial charge in [0.2, 0.25) is 0 Å². The minimum atomic E-state index is -0.914. The zero-order chi connectivity index (χ0) is 21.2. The lowest BCUT2D eigenvalue weighted by atomic mass is 10.1. The van der Waals surface area contributed by atoms with Crippen molar-refractivity contribution in [1.82, 2.24) is 9.55 Å². The quantitative estimate of drug-likeness (QED) is 0.416. The van der Waals surface area contributed by atoms with Gasteiger partial charge in [-0.15, -0.1) is 0 Å². The molecule has 3 aromatic carbocycles. The summed E-state index contributed by atoms with van der Waals surface area (Å²) >= 11 is 0. The van der Waals surface area contributed by atoms with Crippen LogP contribution in [0.2, 0.25) is 0 Å². The summed E-state index contributed by atoms with van der Waals surface area (Å²) in [6.45, 7) is 0.527. The molecule has 5 nitrogen and oxygen atoms in total. The Balaban J connectivity index is 1.48. The number of aromatic carboxylic acids is 1. The highest BCUT2D eigenvalue weighted by Gasteiger charge is 2.24. The highest BCUT2D eigenvalue weighted by molar-refractivity contribution is 5.93. The Labute approximate surface area is 180 Å². The number of fused-ring (bicyclic) bond motifs is 1. The minimum Gasteiger partial charge on any atom is -0.489 e. The van der Waals surface area contributed by atoms with Crippen LogP contribution in [0.5, 0.6) is 5.75 Å². The molecular formula is C26H24N2O3. The van der Waals surface area contributed by atoms with Gasteiger partial charge in [-0.25, -0.2) is 9.78 Å². The van der Waals surface area contributed by atoms with E-state index in [0.717, 1.165) is 46.6 Å². The van der Waals surface area contributed by atoms with Crippen molar-refractivity contribution in [3.8, 4) is 17.1 Å². The second-order valence-electron chi connectivity index (χ2n) is 8.05. The van der Waals surface area contributed by atoms with Crippen molar-refractivity contribution in [1.29, 1.82) is 0 Å². The Morgan fingerprint density at radius 3 is 2.45 bits per heavy atom. The Kier molecular flexibility index (Phi) is 5.16. The number of carboxylic acid groups (broad SMARTS) is 1. The molecule has 0 saturated heterocycles. The van der Waals surface area contributed by atoms with Crippen molar-refractivity contribution in [2.75, 3.05) is 0 Å². The fourth-order valence-electron chi connectivity index (χ4n) is 4.40. The first kappa shape index (κ1) is 19.4. The average Bonchev–Trinajstić information content (AvgIpc) is 3.46. The van der Waals surface area contributed by atoms with Crippen molar-refractivity contribution in [2.45, 2.75) is 38.3 Å². The van der Waals surface area contributed by atoms with Crippen LogP contribution in [0.15, 0.2) is 72.8 Å². The van der Waals surface area contributed by atoms with Gasteiger partial charge in [0.1, 0.15) is 18.2 Å². The van der Waals surface area contributed by atoms with Crippen LogP contribution in [0.3, 0.4) is 0 Å². The van der Waals surface area contributed by atoms with Crippen LogP contribution in [-0.4, -0.2) is 20.6 Å². The summed E-state index contributed by atoms with van der Waals surface area (Å²) in [4.78, 5) is 16.4. The minimum absolute atomic E-state index is 0.294. The van der Waals surface area contributed by atoms with E-state index in [4.69, 9.17) is 9.72 Å². The van der Waals surface area contributed by atoms with Gasteiger partial charge in [-0.3, -0.25) is 0 Å². The van der Waals surface area contributed by atoms with E-state index in [9.17, 15) is 9.90 Å². The van der Waals surface area contributed by atoms with Crippen molar-refractivity contribution in [3.05, 3.63) is 83.9 Å². The predicted octanol–water partition coefficient (Wildman–Crippen LogP) is 6.10. The summed E-state index contributed by atoms with van der Waals surface area (Å²) in [6, 6.07) is 23.6. The van der Waals surface area contributed by atoms with E-state index in [1.54, 1.807) is 12.1 Å². The lowest BCUT2D eigenvalue weighted by Gasteiger charge is -2.17. The molecule has 1 aliphatic carbocycles. The summed E-state index contributed by atoms with van der Waals surface area (Å²) in [6.07, 6.45) is 4.56. The summed E-state index contributed by atoms with van der Waals surface area (Å²) in [5, 5.41) is 9.44. The molecule has 0 spiro atoms. The fraction of sp³-hybridized carbons (Fsp3) is 0.231. The number of rotatable bonds is 6. The Morgan fingerprint density at radius 1 is 1.00 bits per heavy atom. The van der Waals surface area contributed by atoms with Gasteiger partial charge in [0.05, 0.1) is 16.6 Å². The number of nitrogens with zero attached hydrogens (tertiary/aromatic N) is 2. The summed E-state index contributed by atoms with van der Waals surface area (Å²) in [5.41, 5.74) is 4.15. The number of carbonyl (C=O) groups is 1. The van der Waals surface area contributed by atoms with Crippen LogP contribution in [0.4, 0.5) is 0 Å². The van der Waals surface area contributed by atoms with Gasteiger partial charge in [0.15, 0.2) is 0 Å². The number of imidazole rings is 1. The van der Waals surface area contributed by atoms with E-state index in [0.29, 0.717) is 18.2 Å². The van der Waals surface area contributed by atoms with Gasteiger partial charge in [-0.05, 0) is 60.9 Å². The molecule has 4 aromatic rings. The zero-order valence-electron chi connectivity index (χ0n) is 17.2. The molecule has 0 amide bonds. The van der Waals surface area contributed by atoms with Gasteiger partial charge >= 0.3 is 5.97 Å². The molecule has 0 unspecified atom stereocenters. The van der Waals surface area contributed by atoms with Crippen molar-refractivity contribution in [2.24, 2.45) is 0 Å². The molecule has 5 heteroatoms. The molecule has 1 N–H and O–H groups in total. The average molecular weight is 412 g/mol. The van der Waals surface area contributed by atoms with Crippen molar-refractivity contribution >= 4 is 17.0 Å². The summed E-state index contributed by atoms with van der Waals surface area (Å²) < 4.78 is 8.17. The SMILES string of the molecule is O=C(O)c1ccc2nc(-c3ccc(OCc4ccccc4)cc3)n(C3CCCC3)c2c1.